The van der Waals surface area contributed by atoms with Gasteiger partial charge >= 0.3 is 11.9 Å². The highest BCUT2D eigenvalue weighted by atomic mass is 16.3. The van der Waals surface area contributed by atoms with Crippen LogP contribution >= 0.6 is 0 Å². The van der Waals surface area contributed by atoms with Gasteiger partial charge in [-0.25, -0.2) is 4.79 Å². The first-order chi connectivity index (χ1) is 17.0. The molecule has 2 heterocycles. The smallest absolute Gasteiger partial charge is 0.467 e. The molecular formula is C26H31N4O5+. The molecule has 0 saturated heterocycles. The molecule has 0 saturated carbocycles. The predicted molar refractivity (Wildman–Crippen MR) is 128 cm³/mol. The standard InChI is InChI=1S/C26H30N4O5/c31-23(28-17-20-9-6-16-35-20)13-15-29-25(33)21-10-4-5-11-22(21)30(26(29)34)18-24(32)27-14-12-19-7-2-1-3-8-19/h4-7,9-11,16,21H,1-3,8,12-15,17-18H2,(H-,27,28,31,32)/p+1. The van der Waals surface area contributed by atoms with Gasteiger partial charge in [0.1, 0.15) is 23.9 Å². The van der Waals surface area contributed by atoms with Crippen LogP contribution in [0, 0.1) is 5.92 Å². The van der Waals surface area contributed by atoms with Gasteiger partial charge in [0.2, 0.25) is 5.91 Å². The molecular weight excluding hydrogens is 448 g/mol. The first-order valence-electron chi connectivity index (χ1n) is 12.1. The highest BCUT2D eigenvalue weighted by Crippen LogP contribution is 2.21. The van der Waals surface area contributed by atoms with Crippen molar-refractivity contribution in [3.63, 3.8) is 0 Å². The highest BCUT2D eigenvalue weighted by molar-refractivity contribution is 6.16. The van der Waals surface area contributed by atoms with Crippen LogP contribution in [-0.4, -0.2) is 58.6 Å². The van der Waals surface area contributed by atoms with Crippen LogP contribution in [0.2, 0.25) is 0 Å². The second-order valence-corrected chi connectivity index (χ2v) is 8.82. The molecule has 0 radical (unpaired) electrons. The molecule has 184 valence electrons. The number of rotatable bonds is 10. The van der Waals surface area contributed by atoms with Crippen molar-refractivity contribution in [1.82, 2.24) is 15.5 Å². The van der Waals surface area contributed by atoms with E-state index in [4.69, 9.17) is 4.42 Å². The maximum absolute atomic E-state index is 13.2. The Morgan fingerprint density at radius 2 is 2.03 bits per heavy atom. The number of urea groups is 1. The Balaban J connectivity index is 1.36. The van der Waals surface area contributed by atoms with Crippen LogP contribution in [0.25, 0.3) is 0 Å². The number of nitrogens with one attached hydrogen (secondary N) is 2. The fourth-order valence-electron chi connectivity index (χ4n) is 4.48. The largest absolute Gasteiger partial charge is 0.501 e. The van der Waals surface area contributed by atoms with Gasteiger partial charge in [0.15, 0.2) is 6.54 Å². The van der Waals surface area contributed by atoms with Gasteiger partial charge in [-0.2, -0.15) is 14.3 Å². The molecule has 2 aliphatic carbocycles. The average Bonchev–Trinajstić information content (AvgIpc) is 3.40. The van der Waals surface area contributed by atoms with Crippen molar-refractivity contribution in [2.24, 2.45) is 5.92 Å². The van der Waals surface area contributed by atoms with Crippen LogP contribution in [-0.2, 0) is 20.9 Å². The number of fused-ring (bicyclic) bond motifs is 1. The number of carbonyl (C=O) groups is 4. The molecule has 1 aromatic heterocycles. The zero-order valence-corrected chi connectivity index (χ0v) is 19.7. The van der Waals surface area contributed by atoms with Gasteiger partial charge in [-0.1, -0.05) is 29.9 Å². The first kappa shape index (κ1) is 24.4. The quantitative estimate of drug-likeness (QED) is 0.396. The van der Waals surface area contributed by atoms with E-state index in [-0.39, 0.29) is 37.9 Å². The van der Waals surface area contributed by atoms with E-state index in [2.05, 4.69) is 16.7 Å². The minimum absolute atomic E-state index is 0.0467. The Morgan fingerprint density at radius 1 is 1.14 bits per heavy atom. The van der Waals surface area contributed by atoms with E-state index < -0.39 is 17.9 Å². The van der Waals surface area contributed by atoms with E-state index in [9.17, 15) is 19.2 Å². The molecule has 1 unspecified atom stereocenters. The van der Waals surface area contributed by atoms with E-state index in [1.54, 1.807) is 36.4 Å². The summed E-state index contributed by atoms with van der Waals surface area (Å²) in [7, 11) is 0. The SMILES string of the molecule is O=C(CCN1C(=O)C2C=CC=CC2=[N+](CC(=O)NCCC2=CCCCC2)C1=O)NCc1ccco1. The van der Waals surface area contributed by atoms with Crippen LogP contribution < -0.4 is 10.6 Å². The third-order valence-corrected chi connectivity index (χ3v) is 6.36. The Bertz CT molecular complexity index is 1100. The molecule has 9 nitrogen and oxygen atoms in total. The molecule has 9 heteroatoms. The Labute approximate surface area is 204 Å². The molecule has 35 heavy (non-hydrogen) atoms. The molecule has 0 aromatic carbocycles. The van der Waals surface area contributed by atoms with Crippen molar-refractivity contribution in [3.8, 4) is 0 Å². The first-order valence-corrected chi connectivity index (χ1v) is 12.1. The van der Waals surface area contributed by atoms with Crippen LogP contribution in [0.15, 0.2) is 58.8 Å². The van der Waals surface area contributed by atoms with Gasteiger partial charge in [-0.3, -0.25) is 9.59 Å². The predicted octanol–water partition coefficient (Wildman–Crippen LogP) is 2.45. The Kier molecular flexibility index (Phi) is 8.07. The van der Waals surface area contributed by atoms with Gasteiger partial charge in [0.25, 0.3) is 5.91 Å². The van der Waals surface area contributed by atoms with Crippen LogP contribution in [0.3, 0.4) is 0 Å². The Morgan fingerprint density at radius 3 is 2.80 bits per heavy atom. The number of nitrogens with zero attached hydrogens (tertiary/aromatic N) is 2. The summed E-state index contributed by atoms with van der Waals surface area (Å²) in [6.45, 7) is 0.482. The van der Waals surface area contributed by atoms with Gasteiger partial charge in [0, 0.05) is 6.54 Å². The third kappa shape index (κ3) is 6.23. The fourth-order valence-corrected chi connectivity index (χ4v) is 4.48. The lowest BCUT2D eigenvalue weighted by molar-refractivity contribution is -0.428. The molecule has 1 atom stereocenters. The summed E-state index contributed by atoms with van der Waals surface area (Å²) in [5.41, 5.74) is 1.84. The van der Waals surface area contributed by atoms with Crippen LogP contribution in [0.5, 0.6) is 0 Å². The number of imide groups is 1. The number of allylic oxidation sites excluding steroid dienone is 4. The van der Waals surface area contributed by atoms with Crippen molar-refractivity contribution in [2.45, 2.75) is 45.1 Å². The third-order valence-electron chi connectivity index (χ3n) is 6.36. The second kappa shape index (κ2) is 11.6. The van der Waals surface area contributed by atoms with E-state index in [1.165, 1.54) is 29.3 Å². The average molecular weight is 480 g/mol. The molecule has 3 aliphatic rings. The van der Waals surface area contributed by atoms with E-state index in [1.807, 2.05) is 0 Å². The summed E-state index contributed by atoms with van der Waals surface area (Å²) >= 11 is 0. The topological polar surface area (TPSA) is 112 Å². The Hall–Kier alpha value is -3.75. The van der Waals surface area contributed by atoms with Gasteiger partial charge in [0.05, 0.1) is 19.2 Å². The summed E-state index contributed by atoms with van der Waals surface area (Å²) in [5, 5.41) is 5.60. The summed E-state index contributed by atoms with van der Waals surface area (Å²) in [6.07, 6.45) is 16.0. The molecule has 1 aromatic rings. The van der Waals surface area contributed by atoms with E-state index in [0.717, 1.165) is 24.2 Å². The van der Waals surface area contributed by atoms with E-state index >= 15 is 0 Å². The minimum Gasteiger partial charge on any atom is -0.467 e. The second-order valence-electron chi connectivity index (χ2n) is 8.82. The summed E-state index contributed by atoms with van der Waals surface area (Å²) < 4.78 is 6.52. The molecule has 1 aliphatic heterocycles. The lowest BCUT2D eigenvalue weighted by atomic mass is 9.94. The maximum atomic E-state index is 13.2. The van der Waals surface area contributed by atoms with Gasteiger partial charge < -0.3 is 15.1 Å². The monoisotopic (exact) mass is 479 g/mol. The number of carbonyl (C=O) groups excluding carboxylic acids is 4. The van der Waals surface area contributed by atoms with Crippen molar-refractivity contribution in [1.29, 1.82) is 0 Å². The molecule has 2 N–H and O–H groups in total. The minimum atomic E-state index is -0.663. The van der Waals surface area contributed by atoms with Crippen molar-refractivity contribution < 1.29 is 28.2 Å². The zero-order chi connectivity index (χ0) is 24.6. The zero-order valence-electron chi connectivity index (χ0n) is 19.7. The van der Waals surface area contributed by atoms with Crippen LogP contribution in [0.4, 0.5) is 4.79 Å². The number of furan rings is 1. The maximum Gasteiger partial charge on any atom is 0.501 e. The lowest BCUT2D eigenvalue weighted by Gasteiger charge is -2.26. The molecule has 4 rings (SSSR count). The summed E-state index contributed by atoms with van der Waals surface area (Å²) in [4.78, 5) is 52.2. The normalized spacial score (nSPS) is 19.5. The summed E-state index contributed by atoms with van der Waals surface area (Å²) in [6, 6.07) is 2.88. The van der Waals surface area contributed by atoms with Crippen LogP contribution in [0.1, 0.15) is 44.3 Å². The van der Waals surface area contributed by atoms with Crippen molar-refractivity contribution in [3.05, 3.63) is 60.1 Å². The highest BCUT2D eigenvalue weighted by Gasteiger charge is 2.47. The van der Waals surface area contributed by atoms with Gasteiger partial charge in [-0.15, -0.1) is 0 Å². The number of amides is 5. The molecule has 0 bridgehead atoms. The fraction of sp³-hybridized carbons (Fsp3) is 0.423. The number of hydrogen-bond acceptors (Lipinski definition) is 5. The van der Waals surface area contributed by atoms with Crippen molar-refractivity contribution >= 4 is 29.5 Å². The van der Waals surface area contributed by atoms with E-state index in [0.29, 0.717) is 18.0 Å². The molecule has 0 fully saturated rings. The number of hydrogen-bond donors (Lipinski definition) is 2. The van der Waals surface area contributed by atoms with Crippen molar-refractivity contribution in [2.75, 3.05) is 19.6 Å². The van der Waals surface area contributed by atoms with Gasteiger partial charge in [-0.05, 0) is 50.3 Å². The summed E-state index contributed by atoms with van der Waals surface area (Å²) in [5.74, 6) is -1.04. The molecule has 5 amide bonds. The molecule has 0 spiro atoms. The lowest BCUT2D eigenvalue weighted by Crippen LogP contribution is -2.56.